The van der Waals surface area contributed by atoms with Crippen LogP contribution in [0.1, 0.15) is 41.0 Å². The molecule has 0 rings (SSSR count). The summed E-state index contributed by atoms with van der Waals surface area (Å²) in [6.07, 6.45) is 0.943. The number of rotatable bonds is 7. The molecule has 0 saturated carbocycles. The molecular weight excluding hydrogens is 228 g/mol. The Morgan fingerprint density at radius 1 is 1.33 bits per heavy atom. The van der Waals surface area contributed by atoms with Crippen molar-refractivity contribution in [3.8, 4) is 0 Å². The van der Waals surface area contributed by atoms with Crippen molar-refractivity contribution >= 4 is 5.91 Å². The molecule has 0 aromatic heterocycles. The number of likely N-dealkylation sites (N-methyl/N-ethyl adjacent to an activating group) is 1. The lowest BCUT2D eigenvalue weighted by Crippen LogP contribution is -2.53. The lowest BCUT2D eigenvalue weighted by atomic mass is 9.99. The number of nitrogens with one attached hydrogen (secondary N) is 1. The van der Waals surface area contributed by atoms with Crippen molar-refractivity contribution in [1.82, 2.24) is 10.2 Å². The monoisotopic (exact) mass is 258 g/mol. The molecule has 1 N–H and O–H groups in total. The molecule has 1 amide bonds. The van der Waals surface area contributed by atoms with E-state index < -0.39 is 0 Å². The molecule has 0 aliphatic heterocycles. The number of hydrogen-bond donors (Lipinski definition) is 1. The van der Waals surface area contributed by atoms with Gasteiger partial charge in [-0.3, -0.25) is 9.69 Å². The number of carbonyl (C=O) groups is 1. The second-order valence-electron chi connectivity index (χ2n) is 6.26. The summed E-state index contributed by atoms with van der Waals surface area (Å²) in [6, 6.07) is -0.0823. The average Bonchev–Trinajstić information content (AvgIpc) is 2.14. The van der Waals surface area contributed by atoms with Crippen LogP contribution in [-0.2, 0) is 9.53 Å². The van der Waals surface area contributed by atoms with Gasteiger partial charge in [-0.05, 0) is 40.2 Å². The molecule has 0 radical (unpaired) electrons. The Hall–Kier alpha value is -0.610. The molecule has 18 heavy (non-hydrogen) atoms. The molecule has 1 unspecified atom stereocenters. The molecule has 0 aliphatic rings. The van der Waals surface area contributed by atoms with Crippen molar-refractivity contribution in [1.29, 1.82) is 0 Å². The maximum absolute atomic E-state index is 12.3. The second-order valence-corrected chi connectivity index (χ2v) is 6.26. The summed E-state index contributed by atoms with van der Waals surface area (Å²) in [6.45, 7) is 11.8. The van der Waals surface area contributed by atoms with E-state index in [0.29, 0.717) is 5.92 Å². The van der Waals surface area contributed by atoms with E-state index in [2.05, 4.69) is 24.1 Å². The largest absolute Gasteiger partial charge is 0.385 e. The highest BCUT2D eigenvalue weighted by Gasteiger charge is 2.28. The van der Waals surface area contributed by atoms with Gasteiger partial charge in [0, 0.05) is 25.8 Å². The van der Waals surface area contributed by atoms with Crippen LogP contribution in [0, 0.1) is 5.92 Å². The molecule has 0 fully saturated rings. The number of ether oxygens (including phenoxy) is 1. The van der Waals surface area contributed by atoms with Gasteiger partial charge in [0.15, 0.2) is 0 Å². The summed E-state index contributed by atoms with van der Waals surface area (Å²) in [5.74, 6) is 0.400. The SMILES string of the molecule is COCCCN(C)C(C(=O)NC(C)(C)C)C(C)C. The molecule has 0 heterocycles. The third-order valence-electron chi connectivity index (χ3n) is 2.73. The van der Waals surface area contributed by atoms with Crippen LogP contribution in [0.3, 0.4) is 0 Å². The van der Waals surface area contributed by atoms with Gasteiger partial charge in [0.1, 0.15) is 0 Å². The van der Waals surface area contributed by atoms with Gasteiger partial charge in [-0.25, -0.2) is 0 Å². The maximum Gasteiger partial charge on any atom is 0.238 e. The minimum atomic E-state index is -0.183. The van der Waals surface area contributed by atoms with Crippen molar-refractivity contribution in [3.05, 3.63) is 0 Å². The van der Waals surface area contributed by atoms with Crippen molar-refractivity contribution in [2.24, 2.45) is 5.92 Å². The van der Waals surface area contributed by atoms with Gasteiger partial charge >= 0.3 is 0 Å². The molecule has 0 saturated heterocycles. The fraction of sp³-hybridized carbons (Fsp3) is 0.929. The first-order chi connectivity index (χ1) is 8.19. The fourth-order valence-corrected chi connectivity index (χ4v) is 2.05. The number of carbonyl (C=O) groups excluding carboxylic acids is 1. The number of nitrogens with zero attached hydrogens (tertiary/aromatic N) is 1. The Kier molecular flexibility index (Phi) is 7.48. The van der Waals surface area contributed by atoms with Crippen molar-refractivity contribution in [2.75, 3.05) is 27.3 Å². The Bertz CT molecular complexity index is 247. The van der Waals surface area contributed by atoms with E-state index in [0.717, 1.165) is 19.6 Å². The van der Waals surface area contributed by atoms with E-state index in [4.69, 9.17) is 4.74 Å². The van der Waals surface area contributed by atoms with Crippen molar-refractivity contribution in [3.63, 3.8) is 0 Å². The standard InChI is InChI=1S/C14H30N2O2/c1-11(2)12(13(17)15-14(3,4)5)16(6)9-8-10-18-7/h11-12H,8-10H2,1-7H3,(H,15,17). The van der Waals surface area contributed by atoms with Crippen LogP contribution in [-0.4, -0.2) is 49.7 Å². The molecular formula is C14H30N2O2. The van der Waals surface area contributed by atoms with Crippen LogP contribution < -0.4 is 5.32 Å². The second kappa shape index (κ2) is 7.74. The van der Waals surface area contributed by atoms with Gasteiger partial charge in [-0.15, -0.1) is 0 Å². The Labute approximate surface area is 112 Å². The van der Waals surface area contributed by atoms with E-state index >= 15 is 0 Å². The minimum absolute atomic E-state index is 0.0823. The van der Waals surface area contributed by atoms with Gasteiger partial charge in [0.2, 0.25) is 5.91 Å². The van der Waals surface area contributed by atoms with E-state index in [-0.39, 0.29) is 17.5 Å². The first kappa shape index (κ1) is 17.4. The number of methoxy groups -OCH3 is 1. The van der Waals surface area contributed by atoms with E-state index in [9.17, 15) is 4.79 Å². The van der Waals surface area contributed by atoms with Crippen LogP contribution in [0.2, 0.25) is 0 Å². The van der Waals surface area contributed by atoms with Gasteiger partial charge in [-0.2, -0.15) is 0 Å². The summed E-state index contributed by atoms with van der Waals surface area (Å²) in [7, 11) is 3.70. The minimum Gasteiger partial charge on any atom is -0.385 e. The zero-order valence-corrected chi connectivity index (χ0v) is 13.0. The predicted octanol–water partition coefficient (Wildman–Crippen LogP) is 1.89. The van der Waals surface area contributed by atoms with E-state index in [1.807, 2.05) is 27.8 Å². The van der Waals surface area contributed by atoms with E-state index in [1.165, 1.54) is 0 Å². The zero-order chi connectivity index (χ0) is 14.3. The Morgan fingerprint density at radius 3 is 2.28 bits per heavy atom. The van der Waals surface area contributed by atoms with Crippen LogP contribution in [0.4, 0.5) is 0 Å². The third-order valence-corrected chi connectivity index (χ3v) is 2.73. The molecule has 0 aromatic rings. The lowest BCUT2D eigenvalue weighted by Gasteiger charge is -2.33. The Balaban J connectivity index is 4.50. The summed E-state index contributed by atoms with van der Waals surface area (Å²) >= 11 is 0. The third kappa shape index (κ3) is 6.97. The van der Waals surface area contributed by atoms with E-state index in [1.54, 1.807) is 7.11 Å². The quantitative estimate of drug-likeness (QED) is 0.709. The van der Waals surface area contributed by atoms with Gasteiger partial charge in [0.05, 0.1) is 6.04 Å². The number of hydrogen-bond acceptors (Lipinski definition) is 3. The first-order valence-corrected chi connectivity index (χ1v) is 6.70. The van der Waals surface area contributed by atoms with Gasteiger partial charge in [-0.1, -0.05) is 13.8 Å². The molecule has 1 atom stereocenters. The fourth-order valence-electron chi connectivity index (χ4n) is 2.05. The summed E-state index contributed by atoms with van der Waals surface area (Å²) < 4.78 is 5.05. The lowest BCUT2D eigenvalue weighted by molar-refractivity contribution is -0.129. The van der Waals surface area contributed by atoms with Crippen LogP contribution >= 0.6 is 0 Å². The first-order valence-electron chi connectivity index (χ1n) is 6.70. The number of amides is 1. The van der Waals surface area contributed by atoms with Crippen molar-refractivity contribution in [2.45, 2.75) is 52.6 Å². The molecule has 0 aromatic carbocycles. The predicted molar refractivity (Wildman–Crippen MR) is 75.6 cm³/mol. The van der Waals surface area contributed by atoms with Gasteiger partial charge < -0.3 is 10.1 Å². The zero-order valence-electron chi connectivity index (χ0n) is 13.0. The molecule has 4 nitrogen and oxygen atoms in total. The molecule has 0 bridgehead atoms. The molecule has 0 aliphatic carbocycles. The van der Waals surface area contributed by atoms with Crippen LogP contribution in [0.5, 0.6) is 0 Å². The highest BCUT2D eigenvalue weighted by atomic mass is 16.5. The van der Waals surface area contributed by atoms with Crippen LogP contribution in [0.15, 0.2) is 0 Å². The maximum atomic E-state index is 12.3. The summed E-state index contributed by atoms with van der Waals surface area (Å²) in [4.78, 5) is 14.4. The van der Waals surface area contributed by atoms with Crippen molar-refractivity contribution < 1.29 is 9.53 Å². The molecule has 4 heteroatoms. The topological polar surface area (TPSA) is 41.6 Å². The average molecular weight is 258 g/mol. The molecule has 0 spiro atoms. The smallest absolute Gasteiger partial charge is 0.238 e. The normalized spacial score (nSPS) is 14.1. The molecule has 108 valence electrons. The Morgan fingerprint density at radius 2 is 1.89 bits per heavy atom. The highest BCUT2D eigenvalue weighted by molar-refractivity contribution is 5.82. The highest BCUT2D eigenvalue weighted by Crippen LogP contribution is 2.12. The summed E-state index contributed by atoms with van der Waals surface area (Å²) in [5, 5.41) is 3.06. The van der Waals surface area contributed by atoms with Gasteiger partial charge in [0.25, 0.3) is 0 Å². The summed E-state index contributed by atoms with van der Waals surface area (Å²) in [5.41, 5.74) is -0.183. The van der Waals surface area contributed by atoms with Crippen LogP contribution in [0.25, 0.3) is 0 Å².